The number of ether oxygens (including phenoxy) is 1. The van der Waals surface area contributed by atoms with E-state index in [1.165, 1.54) is 0 Å². The lowest BCUT2D eigenvalue weighted by atomic mass is 9.84. The number of carboxylic acid groups (broad SMARTS) is 1. The van der Waals surface area contributed by atoms with Crippen LogP contribution < -0.4 is 11.5 Å². The van der Waals surface area contributed by atoms with Crippen molar-refractivity contribution in [1.29, 1.82) is 0 Å². The fraction of sp³-hybridized carbons (Fsp3) is 0.889. The van der Waals surface area contributed by atoms with Crippen LogP contribution in [-0.4, -0.2) is 79.1 Å². The molecule has 0 radical (unpaired) electrons. The first-order valence-electron chi connectivity index (χ1n) is 5.42. The first-order chi connectivity index (χ1) is 8.56. The second-order valence-electron chi connectivity index (χ2n) is 4.59. The Labute approximate surface area is 107 Å². The average molecular weight is 282 g/mol. The van der Waals surface area contributed by atoms with Crippen molar-refractivity contribution in [3.8, 4) is 0 Å². The molecule has 0 aromatic carbocycles. The van der Waals surface area contributed by atoms with Gasteiger partial charge in [-0.3, -0.25) is 0 Å². The van der Waals surface area contributed by atoms with Gasteiger partial charge in [0.05, 0.1) is 12.7 Å². The van der Waals surface area contributed by atoms with Gasteiger partial charge in [0.2, 0.25) is 0 Å². The maximum atomic E-state index is 10.9. The molecule has 19 heavy (non-hydrogen) atoms. The Morgan fingerprint density at radius 1 is 1.42 bits per heavy atom. The van der Waals surface area contributed by atoms with Gasteiger partial charge in [-0.2, -0.15) is 0 Å². The van der Waals surface area contributed by atoms with Crippen molar-refractivity contribution in [1.82, 2.24) is 0 Å². The van der Waals surface area contributed by atoms with Gasteiger partial charge in [0.25, 0.3) is 5.79 Å². The monoisotopic (exact) mass is 282 g/mol. The summed E-state index contributed by atoms with van der Waals surface area (Å²) in [7, 11) is 0. The molecule has 0 amide bonds. The maximum Gasteiger partial charge on any atom is 0.364 e. The van der Waals surface area contributed by atoms with E-state index in [-0.39, 0.29) is 0 Å². The van der Waals surface area contributed by atoms with E-state index in [4.69, 9.17) is 26.4 Å². The Hall–Kier alpha value is -0.850. The maximum absolute atomic E-state index is 10.9. The Morgan fingerprint density at radius 2 is 1.95 bits per heavy atom. The second-order valence-corrected chi connectivity index (χ2v) is 4.59. The van der Waals surface area contributed by atoms with Gasteiger partial charge in [0, 0.05) is 6.42 Å². The summed E-state index contributed by atoms with van der Waals surface area (Å²) in [6.45, 7) is -0.876. The first-order valence-corrected chi connectivity index (χ1v) is 5.42. The topological polar surface area (TPSA) is 200 Å². The highest BCUT2D eigenvalue weighted by molar-refractivity contribution is 5.75. The summed E-state index contributed by atoms with van der Waals surface area (Å²) in [6.07, 6.45) is -7.97. The minimum atomic E-state index is -2.80. The zero-order valence-corrected chi connectivity index (χ0v) is 9.88. The highest BCUT2D eigenvalue weighted by Gasteiger charge is 2.58. The molecule has 1 aliphatic heterocycles. The Morgan fingerprint density at radius 3 is 2.37 bits per heavy atom. The molecular weight excluding hydrogens is 264 g/mol. The molecule has 0 saturated carbocycles. The summed E-state index contributed by atoms with van der Waals surface area (Å²) in [5, 5.41) is 55.9. The Bertz CT molecular complexity index is 351. The fourth-order valence-corrected chi connectivity index (χ4v) is 1.80. The van der Waals surface area contributed by atoms with E-state index < -0.39 is 54.9 Å². The third kappa shape index (κ3) is 2.85. The zero-order chi connectivity index (χ0) is 15.0. The van der Waals surface area contributed by atoms with Crippen molar-refractivity contribution in [3.05, 3.63) is 0 Å². The van der Waals surface area contributed by atoms with Crippen molar-refractivity contribution in [3.63, 3.8) is 0 Å². The molecule has 10 N–H and O–H groups in total. The van der Waals surface area contributed by atoms with Crippen LogP contribution in [0.15, 0.2) is 0 Å². The Balaban J connectivity index is 3.07. The lowest BCUT2D eigenvalue weighted by Crippen LogP contribution is -2.77. The number of aliphatic carboxylic acids is 1. The van der Waals surface area contributed by atoms with E-state index in [0.29, 0.717) is 0 Å². The van der Waals surface area contributed by atoms with Crippen LogP contribution in [0.1, 0.15) is 6.42 Å². The molecule has 0 unspecified atom stereocenters. The number of nitrogens with two attached hydrogens (primary N) is 2. The van der Waals surface area contributed by atoms with E-state index in [9.17, 15) is 25.2 Å². The molecule has 5 atom stereocenters. The summed E-state index contributed by atoms with van der Waals surface area (Å²) < 4.78 is 4.73. The molecule has 10 heteroatoms. The van der Waals surface area contributed by atoms with Crippen LogP contribution in [0.3, 0.4) is 0 Å². The fourth-order valence-electron chi connectivity index (χ4n) is 1.80. The molecule has 0 spiro atoms. The smallest absolute Gasteiger partial charge is 0.364 e. The van der Waals surface area contributed by atoms with Gasteiger partial charge >= 0.3 is 5.97 Å². The van der Waals surface area contributed by atoms with E-state index in [1.54, 1.807) is 0 Å². The molecule has 0 aliphatic carbocycles. The third-order valence-corrected chi connectivity index (χ3v) is 3.09. The number of rotatable bonds is 4. The van der Waals surface area contributed by atoms with Crippen LogP contribution in [0.4, 0.5) is 0 Å². The second kappa shape index (κ2) is 5.26. The van der Waals surface area contributed by atoms with Crippen LogP contribution in [0, 0.1) is 0 Å². The summed E-state index contributed by atoms with van der Waals surface area (Å²) >= 11 is 0. The van der Waals surface area contributed by atoms with Crippen molar-refractivity contribution in [2.24, 2.45) is 11.5 Å². The van der Waals surface area contributed by atoms with E-state index in [2.05, 4.69) is 0 Å². The quantitative estimate of drug-likeness (QED) is 0.231. The van der Waals surface area contributed by atoms with Crippen LogP contribution in [0.5, 0.6) is 0 Å². The summed E-state index contributed by atoms with van der Waals surface area (Å²) in [4.78, 5) is 10.9. The largest absolute Gasteiger partial charge is 0.477 e. The molecule has 1 fully saturated rings. The van der Waals surface area contributed by atoms with Gasteiger partial charge in [-0.15, -0.1) is 0 Å². The zero-order valence-electron chi connectivity index (χ0n) is 9.88. The SMILES string of the molecule is NC1(N)[C@@H](O)C[C@@](O)(C(=O)O)O[C@H]1[C@H](O)[C@H](O)CO. The normalized spacial score (nSPS) is 37.6. The standard InChI is InChI=1S/C9H18N2O8/c10-9(11)4(14)1-8(18,7(16)17)19-6(9)5(15)3(13)2-12/h3-6,12-15,18H,1-2,10-11H2,(H,16,17)/t3-,4+,5-,6+,8+/m1/s1. The average Bonchev–Trinajstić information content (AvgIpc) is 2.32. The lowest BCUT2D eigenvalue weighted by Gasteiger charge is -2.48. The first kappa shape index (κ1) is 16.2. The van der Waals surface area contributed by atoms with Crippen LogP contribution in [-0.2, 0) is 9.53 Å². The number of aliphatic hydroxyl groups is 5. The predicted molar refractivity (Wildman–Crippen MR) is 58.3 cm³/mol. The van der Waals surface area contributed by atoms with Crippen LogP contribution in [0.2, 0.25) is 0 Å². The van der Waals surface area contributed by atoms with Gasteiger partial charge in [-0.1, -0.05) is 0 Å². The van der Waals surface area contributed by atoms with E-state index in [1.807, 2.05) is 0 Å². The molecule has 1 heterocycles. The number of carbonyl (C=O) groups is 1. The van der Waals surface area contributed by atoms with Crippen LogP contribution >= 0.6 is 0 Å². The number of aliphatic hydroxyl groups excluding tert-OH is 4. The number of carboxylic acids is 1. The molecular formula is C9H18N2O8. The van der Waals surface area contributed by atoms with Gasteiger partial charge in [-0.05, 0) is 0 Å². The molecule has 1 rings (SSSR count). The highest BCUT2D eigenvalue weighted by Crippen LogP contribution is 2.32. The highest BCUT2D eigenvalue weighted by atomic mass is 16.7. The molecule has 112 valence electrons. The minimum absolute atomic E-state index is 0.812. The predicted octanol–water partition coefficient (Wildman–Crippen LogP) is -4.76. The van der Waals surface area contributed by atoms with Gasteiger partial charge in [0.1, 0.15) is 24.0 Å². The van der Waals surface area contributed by atoms with Gasteiger partial charge < -0.3 is 46.8 Å². The summed E-state index contributed by atoms with van der Waals surface area (Å²) in [5.41, 5.74) is 8.94. The van der Waals surface area contributed by atoms with Crippen molar-refractivity contribution in [2.45, 2.75) is 42.3 Å². The number of hydrogen-bond acceptors (Lipinski definition) is 9. The van der Waals surface area contributed by atoms with Crippen molar-refractivity contribution >= 4 is 5.97 Å². The lowest BCUT2D eigenvalue weighted by molar-refractivity contribution is -0.307. The molecule has 0 bridgehead atoms. The number of hydrogen-bond donors (Lipinski definition) is 8. The van der Waals surface area contributed by atoms with E-state index in [0.717, 1.165) is 0 Å². The Kier molecular flexibility index (Phi) is 4.49. The van der Waals surface area contributed by atoms with Crippen molar-refractivity contribution < 1.29 is 40.2 Å². The minimum Gasteiger partial charge on any atom is -0.477 e. The molecule has 0 aromatic rings. The van der Waals surface area contributed by atoms with Gasteiger partial charge in [0.15, 0.2) is 0 Å². The summed E-state index contributed by atoms with van der Waals surface area (Å²) in [6, 6.07) is 0. The van der Waals surface area contributed by atoms with Gasteiger partial charge in [-0.25, -0.2) is 4.79 Å². The van der Waals surface area contributed by atoms with Crippen molar-refractivity contribution in [2.75, 3.05) is 6.61 Å². The third-order valence-electron chi connectivity index (χ3n) is 3.09. The van der Waals surface area contributed by atoms with Crippen LogP contribution in [0.25, 0.3) is 0 Å². The van der Waals surface area contributed by atoms with E-state index >= 15 is 0 Å². The summed E-state index contributed by atoms with van der Waals surface area (Å²) in [5.74, 6) is -4.61. The molecule has 1 aliphatic rings. The molecule has 10 nitrogen and oxygen atoms in total. The molecule has 0 aromatic heterocycles. The molecule has 1 saturated heterocycles.